The maximum atomic E-state index is 12.7. The number of carbonyl (C=O) groups is 1. The number of aryl methyl sites for hydroxylation is 2. The van der Waals surface area contributed by atoms with Gasteiger partial charge in [-0.25, -0.2) is 4.39 Å². The van der Waals surface area contributed by atoms with Gasteiger partial charge in [0.2, 0.25) is 5.91 Å². The lowest BCUT2D eigenvalue weighted by Gasteiger charge is -2.04. The van der Waals surface area contributed by atoms with Crippen molar-refractivity contribution in [2.24, 2.45) is 0 Å². The molecule has 1 amide bonds. The minimum Gasteiger partial charge on any atom is -0.362 e. The number of H-pyrrole nitrogens is 1. The molecule has 0 unspecified atom stereocenters. The zero-order chi connectivity index (χ0) is 13.1. The van der Waals surface area contributed by atoms with E-state index in [1.165, 1.54) is 12.1 Å². The van der Waals surface area contributed by atoms with E-state index in [9.17, 15) is 9.18 Å². The second-order valence-corrected chi connectivity index (χ2v) is 4.33. The van der Waals surface area contributed by atoms with Crippen LogP contribution in [-0.4, -0.2) is 10.9 Å². The van der Waals surface area contributed by atoms with E-state index in [0.29, 0.717) is 12.1 Å². The van der Waals surface area contributed by atoms with Crippen molar-refractivity contribution in [3.63, 3.8) is 0 Å². The summed E-state index contributed by atoms with van der Waals surface area (Å²) in [5, 5.41) is 2.73. The summed E-state index contributed by atoms with van der Waals surface area (Å²) in [6.07, 6.45) is 0.313. The highest BCUT2D eigenvalue weighted by Gasteiger charge is 2.08. The summed E-state index contributed by atoms with van der Waals surface area (Å²) in [5.74, 6) is -0.422. The van der Waals surface area contributed by atoms with E-state index in [2.05, 4.69) is 10.3 Å². The molecule has 0 aliphatic heterocycles. The predicted molar refractivity (Wildman–Crippen MR) is 69.0 cm³/mol. The molecule has 0 radical (unpaired) electrons. The number of rotatable bonds is 3. The summed E-state index contributed by atoms with van der Waals surface area (Å²) < 4.78 is 12.7. The van der Waals surface area contributed by atoms with Crippen molar-refractivity contribution in [2.75, 3.05) is 5.32 Å². The van der Waals surface area contributed by atoms with E-state index in [0.717, 1.165) is 17.0 Å². The lowest BCUT2D eigenvalue weighted by atomic mass is 10.1. The summed E-state index contributed by atoms with van der Waals surface area (Å²) in [4.78, 5) is 15.0. The first kappa shape index (κ1) is 12.4. The van der Waals surface area contributed by atoms with Gasteiger partial charge in [0, 0.05) is 17.1 Å². The Morgan fingerprint density at radius 1 is 1.28 bits per heavy atom. The van der Waals surface area contributed by atoms with Crippen molar-refractivity contribution in [1.29, 1.82) is 0 Å². The third-order valence-corrected chi connectivity index (χ3v) is 2.74. The van der Waals surface area contributed by atoms with Crippen LogP contribution >= 0.6 is 0 Å². The van der Waals surface area contributed by atoms with Gasteiger partial charge in [-0.1, -0.05) is 0 Å². The van der Waals surface area contributed by atoms with Gasteiger partial charge in [0.05, 0.1) is 6.42 Å². The van der Waals surface area contributed by atoms with Crippen molar-refractivity contribution >= 4 is 11.6 Å². The Kier molecular flexibility index (Phi) is 3.46. The molecule has 2 aromatic rings. The maximum Gasteiger partial charge on any atom is 0.228 e. The Morgan fingerprint density at radius 3 is 2.50 bits per heavy atom. The van der Waals surface area contributed by atoms with Crippen LogP contribution < -0.4 is 5.32 Å². The number of carbonyl (C=O) groups excluding carboxylic acids is 1. The zero-order valence-electron chi connectivity index (χ0n) is 10.4. The molecule has 0 aliphatic carbocycles. The van der Waals surface area contributed by atoms with Gasteiger partial charge >= 0.3 is 0 Å². The van der Waals surface area contributed by atoms with Crippen molar-refractivity contribution < 1.29 is 9.18 Å². The van der Waals surface area contributed by atoms with Gasteiger partial charge < -0.3 is 10.3 Å². The van der Waals surface area contributed by atoms with Crippen molar-refractivity contribution in [3.05, 3.63) is 53.1 Å². The van der Waals surface area contributed by atoms with Crippen molar-refractivity contribution in [3.8, 4) is 0 Å². The van der Waals surface area contributed by atoms with E-state index in [1.807, 2.05) is 19.9 Å². The molecule has 2 rings (SSSR count). The Bertz CT molecular complexity index is 558. The number of hydrogen-bond donors (Lipinski definition) is 2. The van der Waals surface area contributed by atoms with E-state index < -0.39 is 0 Å². The molecule has 0 saturated heterocycles. The smallest absolute Gasteiger partial charge is 0.228 e. The van der Waals surface area contributed by atoms with Gasteiger partial charge in [-0.2, -0.15) is 0 Å². The van der Waals surface area contributed by atoms with Crippen molar-refractivity contribution in [1.82, 2.24) is 4.98 Å². The Labute approximate surface area is 105 Å². The number of benzene rings is 1. The molecule has 0 fully saturated rings. The first-order valence-electron chi connectivity index (χ1n) is 5.75. The fourth-order valence-corrected chi connectivity index (χ4v) is 1.88. The van der Waals surface area contributed by atoms with Crippen LogP contribution in [0.4, 0.5) is 10.1 Å². The fourth-order valence-electron chi connectivity index (χ4n) is 1.88. The maximum absolute atomic E-state index is 12.7. The Morgan fingerprint density at radius 2 is 1.94 bits per heavy atom. The molecule has 94 valence electrons. The molecule has 0 spiro atoms. The lowest BCUT2D eigenvalue weighted by Crippen LogP contribution is -2.14. The number of halogens is 1. The molecule has 0 saturated carbocycles. The number of nitrogens with one attached hydrogen (secondary N) is 2. The van der Waals surface area contributed by atoms with Crippen LogP contribution in [0.1, 0.15) is 17.0 Å². The van der Waals surface area contributed by atoms with Gasteiger partial charge in [-0.3, -0.25) is 4.79 Å². The van der Waals surface area contributed by atoms with Crippen LogP contribution in [0.15, 0.2) is 30.3 Å². The summed E-state index contributed by atoms with van der Waals surface area (Å²) in [5.41, 5.74) is 3.62. The van der Waals surface area contributed by atoms with Gasteiger partial charge in [0.1, 0.15) is 5.82 Å². The number of aromatic amines is 1. The molecule has 0 bridgehead atoms. The van der Waals surface area contributed by atoms with Crippen LogP contribution in [0, 0.1) is 19.7 Å². The second-order valence-electron chi connectivity index (χ2n) is 4.33. The first-order chi connectivity index (χ1) is 8.54. The van der Waals surface area contributed by atoms with Gasteiger partial charge in [-0.05, 0) is 49.7 Å². The largest absolute Gasteiger partial charge is 0.362 e. The monoisotopic (exact) mass is 246 g/mol. The van der Waals surface area contributed by atoms with E-state index in [-0.39, 0.29) is 11.7 Å². The summed E-state index contributed by atoms with van der Waals surface area (Å²) >= 11 is 0. The first-order valence-corrected chi connectivity index (χ1v) is 5.75. The second kappa shape index (κ2) is 5.04. The van der Waals surface area contributed by atoms with E-state index in [1.54, 1.807) is 12.1 Å². The highest BCUT2D eigenvalue weighted by atomic mass is 19.1. The van der Waals surface area contributed by atoms with Gasteiger partial charge in [0.15, 0.2) is 0 Å². The quantitative estimate of drug-likeness (QED) is 0.859. The van der Waals surface area contributed by atoms with Gasteiger partial charge in [0.25, 0.3) is 0 Å². The fraction of sp³-hybridized carbons (Fsp3) is 0.214. The molecule has 18 heavy (non-hydrogen) atoms. The molecular formula is C14H15FN2O. The van der Waals surface area contributed by atoms with Crippen LogP contribution in [0.3, 0.4) is 0 Å². The van der Waals surface area contributed by atoms with Crippen molar-refractivity contribution in [2.45, 2.75) is 20.3 Å². The molecule has 4 heteroatoms. The topological polar surface area (TPSA) is 44.9 Å². The SMILES string of the molecule is Cc1cc(CC(=O)Nc2ccc(F)cc2)c(C)[nH]1. The molecule has 1 aromatic carbocycles. The molecule has 1 aromatic heterocycles. The standard InChI is InChI=1S/C14H15FN2O/c1-9-7-11(10(2)16-9)8-14(18)17-13-5-3-12(15)4-6-13/h3-7,16H,8H2,1-2H3,(H,17,18). The highest BCUT2D eigenvalue weighted by Crippen LogP contribution is 2.12. The summed E-state index contributed by atoms with van der Waals surface area (Å²) in [6, 6.07) is 7.69. The van der Waals surface area contributed by atoms with Crippen LogP contribution in [-0.2, 0) is 11.2 Å². The molecule has 3 nitrogen and oxygen atoms in total. The van der Waals surface area contributed by atoms with Crippen LogP contribution in [0.25, 0.3) is 0 Å². The Hall–Kier alpha value is -2.10. The molecule has 2 N–H and O–H groups in total. The zero-order valence-corrected chi connectivity index (χ0v) is 10.4. The molecular weight excluding hydrogens is 231 g/mol. The normalized spacial score (nSPS) is 10.4. The molecule has 0 atom stereocenters. The van der Waals surface area contributed by atoms with E-state index >= 15 is 0 Å². The van der Waals surface area contributed by atoms with E-state index in [4.69, 9.17) is 0 Å². The average Bonchev–Trinajstić information content (AvgIpc) is 2.61. The minimum atomic E-state index is -0.315. The van der Waals surface area contributed by atoms with Crippen LogP contribution in [0.2, 0.25) is 0 Å². The van der Waals surface area contributed by atoms with Gasteiger partial charge in [-0.15, -0.1) is 0 Å². The Balaban J connectivity index is 2.01. The number of hydrogen-bond acceptors (Lipinski definition) is 1. The third kappa shape index (κ3) is 2.97. The number of aromatic nitrogens is 1. The molecule has 1 heterocycles. The third-order valence-electron chi connectivity index (χ3n) is 2.74. The average molecular weight is 246 g/mol. The lowest BCUT2D eigenvalue weighted by molar-refractivity contribution is -0.115. The summed E-state index contributed by atoms with van der Waals surface area (Å²) in [7, 11) is 0. The number of anilines is 1. The highest BCUT2D eigenvalue weighted by molar-refractivity contribution is 5.92. The molecule has 0 aliphatic rings. The number of amides is 1. The minimum absolute atomic E-state index is 0.108. The predicted octanol–water partition coefficient (Wildman–Crippen LogP) is 2.95. The summed E-state index contributed by atoms with van der Waals surface area (Å²) in [6.45, 7) is 3.89. The van der Waals surface area contributed by atoms with Crippen LogP contribution in [0.5, 0.6) is 0 Å².